The van der Waals surface area contributed by atoms with Crippen LogP contribution >= 0.6 is 38.9 Å². The number of benzene rings is 1. The Kier molecular flexibility index (Phi) is 5.61. The number of nitrogens with one attached hydrogen (secondary N) is 1. The van der Waals surface area contributed by atoms with E-state index in [0.717, 1.165) is 15.2 Å². The number of hydrogen-bond donors (Lipinski definition) is 1. The van der Waals surface area contributed by atoms with Gasteiger partial charge in [0.05, 0.1) is 22.3 Å². The van der Waals surface area contributed by atoms with Crippen molar-refractivity contribution >= 4 is 50.5 Å². The van der Waals surface area contributed by atoms with Gasteiger partial charge in [0.25, 0.3) is 0 Å². The van der Waals surface area contributed by atoms with E-state index >= 15 is 0 Å². The van der Waals surface area contributed by atoms with Crippen LogP contribution < -0.4 is 5.32 Å². The monoisotopic (exact) mass is 388 g/mol. The fraction of sp³-hybridized carbons (Fsp3) is 0.286. The minimum atomic E-state index is -0.636. The van der Waals surface area contributed by atoms with E-state index in [1.54, 1.807) is 19.1 Å². The molecule has 1 aromatic carbocycles. The van der Waals surface area contributed by atoms with Crippen LogP contribution in [0.4, 0.5) is 5.69 Å². The minimum absolute atomic E-state index is 0.324. The molecule has 1 N–H and O–H groups in total. The summed E-state index contributed by atoms with van der Waals surface area (Å²) in [5.41, 5.74) is 1.41. The van der Waals surface area contributed by atoms with Gasteiger partial charge in [0.15, 0.2) is 6.04 Å². The number of aryl methyl sites for hydroxylation is 1. The zero-order valence-electron chi connectivity index (χ0n) is 11.5. The topological polar surface area (TPSA) is 51.2 Å². The van der Waals surface area contributed by atoms with Crippen molar-refractivity contribution in [2.45, 2.75) is 19.9 Å². The number of thiazole rings is 1. The maximum absolute atomic E-state index is 12.2. The van der Waals surface area contributed by atoms with E-state index < -0.39 is 6.04 Å². The van der Waals surface area contributed by atoms with E-state index in [9.17, 15) is 4.79 Å². The molecule has 0 saturated carbocycles. The predicted octanol–water partition coefficient (Wildman–Crippen LogP) is 4.58. The highest BCUT2D eigenvalue weighted by Crippen LogP contribution is 2.28. The van der Waals surface area contributed by atoms with Crippen LogP contribution in [-0.2, 0) is 9.53 Å². The van der Waals surface area contributed by atoms with Crippen molar-refractivity contribution < 1.29 is 9.53 Å². The molecule has 7 heteroatoms. The van der Waals surface area contributed by atoms with Crippen LogP contribution in [0.2, 0.25) is 5.02 Å². The maximum Gasteiger partial charge on any atom is 0.334 e. The molecule has 4 nitrogen and oxygen atoms in total. The highest BCUT2D eigenvalue weighted by molar-refractivity contribution is 9.10. The van der Waals surface area contributed by atoms with E-state index in [-0.39, 0.29) is 5.97 Å². The molecule has 1 heterocycles. The third-order valence-electron chi connectivity index (χ3n) is 2.69. The Balaban J connectivity index is 2.27. The number of hydrogen-bond acceptors (Lipinski definition) is 5. The van der Waals surface area contributed by atoms with Crippen LogP contribution in [0.5, 0.6) is 0 Å². The first-order valence-electron chi connectivity index (χ1n) is 6.31. The Hall–Kier alpha value is -1.11. The van der Waals surface area contributed by atoms with Crippen molar-refractivity contribution in [2.75, 3.05) is 11.9 Å². The van der Waals surface area contributed by atoms with E-state index in [0.29, 0.717) is 17.3 Å². The normalized spacial score (nSPS) is 12.0. The standard InChI is InChI=1S/C14H14BrClN2O2S/c1-3-20-14(19)13(12-7-21-8(2)17-12)18-9-4-5-11(16)10(15)6-9/h4-7,13,18H,3H2,1-2H3. The largest absolute Gasteiger partial charge is 0.464 e. The minimum Gasteiger partial charge on any atom is -0.464 e. The van der Waals surface area contributed by atoms with Crippen molar-refractivity contribution in [1.29, 1.82) is 0 Å². The Labute approximate surface area is 140 Å². The maximum atomic E-state index is 12.2. The molecule has 0 aliphatic heterocycles. The van der Waals surface area contributed by atoms with Gasteiger partial charge in [-0.1, -0.05) is 11.6 Å². The Morgan fingerprint density at radius 3 is 2.90 bits per heavy atom. The summed E-state index contributed by atoms with van der Waals surface area (Å²) < 4.78 is 5.88. The van der Waals surface area contributed by atoms with Gasteiger partial charge in [-0.15, -0.1) is 11.3 Å². The average molecular weight is 390 g/mol. The van der Waals surface area contributed by atoms with Gasteiger partial charge in [-0.05, 0) is 48.0 Å². The lowest BCUT2D eigenvalue weighted by Crippen LogP contribution is -2.23. The summed E-state index contributed by atoms with van der Waals surface area (Å²) in [6, 6.07) is 4.73. The zero-order chi connectivity index (χ0) is 15.4. The first kappa shape index (κ1) is 16.3. The molecular weight excluding hydrogens is 376 g/mol. The van der Waals surface area contributed by atoms with Gasteiger partial charge in [0.2, 0.25) is 0 Å². The number of nitrogens with zero attached hydrogens (tertiary/aromatic N) is 1. The summed E-state index contributed by atoms with van der Waals surface area (Å²) >= 11 is 10.8. The molecule has 0 aliphatic carbocycles. The number of rotatable bonds is 5. The summed E-state index contributed by atoms with van der Waals surface area (Å²) in [6.07, 6.45) is 0. The number of ether oxygens (including phenoxy) is 1. The van der Waals surface area contributed by atoms with Crippen LogP contribution in [0.1, 0.15) is 23.7 Å². The molecule has 1 unspecified atom stereocenters. The Morgan fingerprint density at radius 1 is 1.57 bits per heavy atom. The molecule has 0 bridgehead atoms. The molecule has 1 atom stereocenters. The highest BCUT2D eigenvalue weighted by Gasteiger charge is 2.24. The number of halogens is 2. The molecule has 112 valence electrons. The number of anilines is 1. The molecule has 0 spiro atoms. The third kappa shape index (κ3) is 4.18. The van der Waals surface area contributed by atoms with E-state index in [4.69, 9.17) is 16.3 Å². The van der Waals surface area contributed by atoms with Crippen molar-refractivity contribution in [2.24, 2.45) is 0 Å². The second kappa shape index (κ2) is 7.24. The van der Waals surface area contributed by atoms with Crippen molar-refractivity contribution in [3.8, 4) is 0 Å². The number of aromatic nitrogens is 1. The molecule has 2 aromatic rings. The van der Waals surface area contributed by atoms with Crippen LogP contribution in [0.25, 0.3) is 0 Å². The van der Waals surface area contributed by atoms with Gasteiger partial charge in [0, 0.05) is 15.5 Å². The van der Waals surface area contributed by atoms with Gasteiger partial charge < -0.3 is 10.1 Å². The van der Waals surface area contributed by atoms with Crippen LogP contribution in [0.15, 0.2) is 28.1 Å². The van der Waals surface area contributed by atoms with Gasteiger partial charge in [0.1, 0.15) is 0 Å². The smallest absolute Gasteiger partial charge is 0.334 e. The molecule has 2 rings (SSSR count). The quantitative estimate of drug-likeness (QED) is 0.760. The summed E-state index contributed by atoms with van der Waals surface area (Å²) in [7, 11) is 0. The molecule has 0 radical (unpaired) electrons. The zero-order valence-corrected chi connectivity index (χ0v) is 14.7. The summed E-state index contributed by atoms with van der Waals surface area (Å²) in [5.74, 6) is -0.353. The summed E-state index contributed by atoms with van der Waals surface area (Å²) in [6.45, 7) is 4.00. The van der Waals surface area contributed by atoms with Gasteiger partial charge >= 0.3 is 5.97 Å². The highest BCUT2D eigenvalue weighted by atomic mass is 79.9. The molecule has 0 saturated heterocycles. The van der Waals surface area contributed by atoms with Gasteiger partial charge in [-0.3, -0.25) is 0 Å². The summed E-state index contributed by atoms with van der Waals surface area (Å²) in [5, 5.41) is 6.51. The van der Waals surface area contributed by atoms with Gasteiger partial charge in [-0.2, -0.15) is 0 Å². The van der Waals surface area contributed by atoms with E-state index in [2.05, 4.69) is 26.2 Å². The SMILES string of the molecule is CCOC(=O)C(Nc1ccc(Cl)c(Br)c1)c1csc(C)n1. The lowest BCUT2D eigenvalue weighted by molar-refractivity contribution is -0.144. The third-order valence-corrected chi connectivity index (χ3v) is 4.69. The average Bonchev–Trinajstić information content (AvgIpc) is 2.86. The fourth-order valence-electron chi connectivity index (χ4n) is 1.74. The predicted molar refractivity (Wildman–Crippen MR) is 89.0 cm³/mol. The first-order chi connectivity index (χ1) is 10.0. The molecule has 1 aromatic heterocycles. The second-order valence-corrected chi connectivity index (χ2v) is 6.57. The second-order valence-electron chi connectivity index (χ2n) is 4.25. The molecule has 0 amide bonds. The number of carbonyl (C=O) groups is 1. The molecule has 0 fully saturated rings. The molecular formula is C14H14BrClN2O2S. The van der Waals surface area contributed by atoms with Gasteiger partial charge in [-0.25, -0.2) is 9.78 Å². The van der Waals surface area contributed by atoms with E-state index in [1.165, 1.54) is 11.3 Å². The fourth-order valence-corrected chi connectivity index (χ4v) is 2.88. The number of esters is 1. The van der Waals surface area contributed by atoms with Crippen molar-refractivity contribution in [3.63, 3.8) is 0 Å². The van der Waals surface area contributed by atoms with E-state index in [1.807, 2.05) is 18.4 Å². The summed E-state index contributed by atoms with van der Waals surface area (Å²) in [4.78, 5) is 16.5. The molecule has 0 aliphatic rings. The lowest BCUT2D eigenvalue weighted by Gasteiger charge is -2.17. The lowest BCUT2D eigenvalue weighted by atomic mass is 10.2. The van der Waals surface area contributed by atoms with Crippen LogP contribution in [0, 0.1) is 6.92 Å². The number of carbonyl (C=O) groups excluding carboxylic acids is 1. The van der Waals surface area contributed by atoms with Crippen LogP contribution in [-0.4, -0.2) is 17.6 Å². The molecule has 21 heavy (non-hydrogen) atoms. The van der Waals surface area contributed by atoms with Crippen molar-refractivity contribution in [1.82, 2.24) is 4.98 Å². The Bertz CT molecular complexity index is 648. The first-order valence-corrected chi connectivity index (χ1v) is 8.36. The van der Waals surface area contributed by atoms with Crippen molar-refractivity contribution in [3.05, 3.63) is 43.8 Å². The van der Waals surface area contributed by atoms with Crippen LogP contribution in [0.3, 0.4) is 0 Å². The Morgan fingerprint density at radius 2 is 2.33 bits per heavy atom.